The van der Waals surface area contributed by atoms with Gasteiger partial charge in [0, 0.05) is 30.9 Å². The van der Waals surface area contributed by atoms with Crippen LogP contribution in [-0.4, -0.2) is 37.1 Å². The Bertz CT molecular complexity index is 854. The summed E-state index contributed by atoms with van der Waals surface area (Å²) in [5.74, 6) is -1.09. The first-order valence-electron chi connectivity index (χ1n) is 9.36. The van der Waals surface area contributed by atoms with Crippen LogP contribution in [0.1, 0.15) is 54.1 Å². The van der Waals surface area contributed by atoms with E-state index in [1.807, 2.05) is 31.1 Å². The van der Waals surface area contributed by atoms with Gasteiger partial charge in [-0.1, -0.05) is 26.0 Å². The fourth-order valence-corrected chi connectivity index (χ4v) is 3.00. The highest BCUT2D eigenvalue weighted by Crippen LogP contribution is 2.32. The summed E-state index contributed by atoms with van der Waals surface area (Å²) in [5.41, 5.74) is 4.80. The SMILES string of the molecule is CCC(CC)c1cccc(/C=N/NC(=O)C(=O)c2ccc(N(C)C)cc2)c1O. The van der Waals surface area contributed by atoms with E-state index in [2.05, 4.69) is 24.4 Å². The molecule has 0 aliphatic rings. The highest BCUT2D eigenvalue weighted by atomic mass is 16.3. The van der Waals surface area contributed by atoms with Crippen molar-refractivity contribution in [2.75, 3.05) is 19.0 Å². The fraction of sp³-hybridized carbons (Fsp3) is 0.318. The van der Waals surface area contributed by atoms with Gasteiger partial charge in [-0.25, -0.2) is 5.43 Å². The lowest BCUT2D eigenvalue weighted by Gasteiger charge is -2.15. The van der Waals surface area contributed by atoms with Crippen molar-refractivity contribution >= 4 is 23.6 Å². The van der Waals surface area contributed by atoms with E-state index in [4.69, 9.17) is 0 Å². The highest BCUT2D eigenvalue weighted by Gasteiger charge is 2.16. The number of nitrogens with one attached hydrogen (secondary N) is 1. The molecule has 2 aromatic carbocycles. The van der Waals surface area contributed by atoms with E-state index >= 15 is 0 Å². The van der Waals surface area contributed by atoms with Gasteiger partial charge in [-0.15, -0.1) is 0 Å². The molecule has 28 heavy (non-hydrogen) atoms. The number of phenolic OH excluding ortho intramolecular Hbond substituents is 1. The number of phenols is 1. The van der Waals surface area contributed by atoms with Crippen molar-refractivity contribution in [3.63, 3.8) is 0 Å². The number of benzene rings is 2. The minimum Gasteiger partial charge on any atom is -0.507 e. The Balaban J connectivity index is 2.07. The molecular formula is C22H27N3O3. The molecule has 2 aromatic rings. The molecule has 0 bridgehead atoms. The van der Waals surface area contributed by atoms with Gasteiger partial charge in [-0.05, 0) is 54.7 Å². The van der Waals surface area contributed by atoms with Crippen molar-refractivity contribution in [2.24, 2.45) is 5.10 Å². The zero-order chi connectivity index (χ0) is 20.7. The summed E-state index contributed by atoms with van der Waals surface area (Å²) < 4.78 is 0. The first-order chi connectivity index (χ1) is 13.4. The Morgan fingerprint density at radius 2 is 1.75 bits per heavy atom. The maximum atomic E-state index is 12.2. The van der Waals surface area contributed by atoms with E-state index in [0.717, 1.165) is 24.1 Å². The second-order valence-corrected chi connectivity index (χ2v) is 6.77. The third-order valence-electron chi connectivity index (χ3n) is 4.75. The summed E-state index contributed by atoms with van der Waals surface area (Å²) in [6.07, 6.45) is 3.19. The first-order valence-corrected chi connectivity index (χ1v) is 9.36. The number of nitrogens with zero attached hydrogens (tertiary/aromatic N) is 2. The minimum atomic E-state index is -0.829. The number of amides is 1. The van der Waals surface area contributed by atoms with Crippen LogP contribution < -0.4 is 10.3 Å². The first kappa shape index (κ1) is 21.2. The van der Waals surface area contributed by atoms with Crippen LogP contribution in [0.25, 0.3) is 0 Å². The molecule has 6 heteroatoms. The summed E-state index contributed by atoms with van der Waals surface area (Å²) in [6, 6.07) is 12.2. The van der Waals surface area contributed by atoms with Crippen molar-refractivity contribution in [1.82, 2.24) is 5.43 Å². The summed E-state index contributed by atoms with van der Waals surface area (Å²) >= 11 is 0. The van der Waals surface area contributed by atoms with Crippen molar-refractivity contribution in [1.29, 1.82) is 0 Å². The number of hydrogen-bond acceptors (Lipinski definition) is 5. The molecule has 0 fully saturated rings. The molecule has 0 saturated carbocycles. The maximum Gasteiger partial charge on any atom is 0.312 e. The van der Waals surface area contributed by atoms with E-state index in [0.29, 0.717) is 5.56 Å². The number of carbonyl (C=O) groups is 2. The molecule has 0 spiro atoms. The number of ketones is 1. The number of carbonyl (C=O) groups excluding carboxylic acids is 2. The van der Waals surface area contributed by atoms with Crippen LogP contribution in [-0.2, 0) is 4.79 Å². The molecule has 0 unspecified atom stereocenters. The van der Waals surface area contributed by atoms with Crippen LogP contribution in [0.5, 0.6) is 5.75 Å². The lowest BCUT2D eigenvalue weighted by Crippen LogP contribution is -2.27. The maximum absolute atomic E-state index is 12.2. The Labute approximate surface area is 165 Å². The Hall–Kier alpha value is -3.15. The van der Waals surface area contributed by atoms with Gasteiger partial charge < -0.3 is 10.0 Å². The number of hydrazone groups is 1. The molecule has 148 valence electrons. The second-order valence-electron chi connectivity index (χ2n) is 6.77. The van der Waals surface area contributed by atoms with E-state index in [1.165, 1.54) is 6.21 Å². The largest absolute Gasteiger partial charge is 0.507 e. The molecule has 2 rings (SSSR count). The zero-order valence-electron chi connectivity index (χ0n) is 16.8. The van der Waals surface area contributed by atoms with Gasteiger partial charge >= 0.3 is 5.91 Å². The Morgan fingerprint density at radius 1 is 1.11 bits per heavy atom. The smallest absolute Gasteiger partial charge is 0.312 e. The number of Topliss-reactive ketones (excluding diaryl/α,β-unsaturated/α-hetero) is 1. The van der Waals surface area contributed by atoms with Crippen LogP contribution in [0.2, 0.25) is 0 Å². The van der Waals surface area contributed by atoms with Crippen molar-refractivity contribution in [3.05, 3.63) is 59.2 Å². The van der Waals surface area contributed by atoms with Gasteiger partial charge in [0.1, 0.15) is 5.75 Å². The van der Waals surface area contributed by atoms with Gasteiger partial charge in [-0.2, -0.15) is 5.10 Å². The summed E-state index contributed by atoms with van der Waals surface area (Å²) in [5, 5.41) is 14.3. The highest BCUT2D eigenvalue weighted by molar-refractivity contribution is 6.42. The molecule has 6 nitrogen and oxygen atoms in total. The lowest BCUT2D eigenvalue weighted by molar-refractivity contribution is -0.116. The third-order valence-corrected chi connectivity index (χ3v) is 4.75. The standard InChI is InChI=1S/C22H27N3O3/c1-5-15(6-2)19-9-7-8-17(20(19)26)14-23-24-22(28)21(27)16-10-12-18(13-11-16)25(3)4/h7-15,26H,5-6H2,1-4H3,(H,24,28)/b23-14+. The molecule has 0 saturated heterocycles. The normalized spacial score (nSPS) is 11.0. The van der Waals surface area contributed by atoms with Crippen LogP contribution in [0.15, 0.2) is 47.6 Å². The number of rotatable bonds is 8. The Morgan fingerprint density at radius 3 is 2.32 bits per heavy atom. The number of aromatic hydroxyl groups is 1. The van der Waals surface area contributed by atoms with Crippen molar-refractivity contribution < 1.29 is 14.7 Å². The summed E-state index contributed by atoms with van der Waals surface area (Å²) in [6.45, 7) is 4.15. The van der Waals surface area contributed by atoms with E-state index < -0.39 is 11.7 Å². The number of anilines is 1. The quantitative estimate of drug-likeness (QED) is 0.316. The molecule has 2 N–H and O–H groups in total. The topological polar surface area (TPSA) is 82.0 Å². The van der Waals surface area contributed by atoms with E-state index in [-0.39, 0.29) is 17.2 Å². The lowest BCUT2D eigenvalue weighted by atomic mass is 9.92. The summed E-state index contributed by atoms with van der Waals surface area (Å²) in [4.78, 5) is 26.2. The van der Waals surface area contributed by atoms with Gasteiger partial charge in [-0.3, -0.25) is 9.59 Å². The molecule has 1 amide bonds. The number of hydrogen-bond donors (Lipinski definition) is 2. The molecule has 0 atom stereocenters. The predicted octanol–water partition coefficient (Wildman–Crippen LogP) is 3.69. The molecule has 0 aromatic heterocycles. The van der Waals surface area contributed by atoms with Crippen LogP contribution >= 0.6 is 0 Å². The monoisotopic (exact) mass is 381 g/mol. The molecule has 0 aliphatic heterocycles. The van der Waals surface area contributed by atoms with E-state index in [1.54, 1.807) is 30.3 Å². The molecular weight excluding hydrogens is 354 g/mol. The van der Waals surface area contributed by atoms with Crippen LogP contribution in [0, 0.1) is 0 Å². The van der Waals surface area contributed by atoms with Crippen molar-refractivity contribution in [3.8, 4) is 5.75 Å². The van der Waals surface area contributed by atoms with Gasteiger partial charge in [0.15, 0.2) is 0 Å². The average molecular weight is 381 g/mol. The van der Waals surface area contributed by atoms with Gasteiger partial charge in [0.2, 0.25) is 0 Å². The third kappa shape index (κ3) is 4.97. The zero-order valence-corrected chi connectivity index (χ0v) is 16.8. The number of para-hydroxylation sites is 1. The van der Waals surface area contributed by atoms with Crippen molar-refractivity contribution in [2.45, 2.75) is 32.6 Å². The van der Waals surface area contributed by atoms with Crippen LogP contribution in [0.3, 0.4) is 0 Å². The summed E-state index contributed by atoms with van der Waals surface area (Å²) in [7, 11) is 3.79. The predicted molar refractivity (Wildman–Crippen MR) is 112 cm³/mol. The second kappa shape index (κ2) is 9.69. The fourth-order valence-electron chi connectivity index (χ4n) is 3.00. The van der Waals surface area contributed by atoms with Crippen LogP contribution in [0.4, 0.5) is 5.69 Å². The molecule has 0 radical (unpaired) electrons. The minimum absolute atomic E-state index is 0.153. The van der Waals surface area contributed by atoms with Gasteiger partial charge in [0.25, 0.3) is 5.78 Å². The molecule has 0 aliphatic carbocycles. The molecule has 0 heterocycles. The average Bonchev–Trinajstić information content (AvgIpc) is 2.70. The van der Waals surface area contributed by atoms with Gasteiger partial charge in [0.05, 0.1) is 6.21 Å². The Kier molecular flexibility index (Phi) is 7.32. The van der Waals surface area contributed by atoms with E-state index in [9.17, 15) is 14.7 Å².